The first-order valence-corrected chi connectivity index (χ1v) is 7.13. The van der Waals surface area contributed by atoms with Crippen LogP contribution in [0, 0.1) is 0 Å². The molecule has 0 spiro atoms. The van der Waals surface area contributed by atoms with Gasteiger partial charge in [-0.25, -0.2) is 4.52 Å². The fourth-order valence-corrected chi connectivity index (χ4v) is 2.39. The summed E-state index contributed by atoms with van der Waals surface area (Å²) >= 11 is 0. The molecule has 1 saturated carbocycles. The van der Waals surface area contributed by atoms with E-state index in [1.807, 2.05) is 12.1 Å². The Labute approximate surface area is 121 Å². The molecule has 4 rings (SSSR count). The van der Waals surface area contributed by atoms with Gasteiger partial charge in [0.15, 0.2) is 0 Å². The number of hydrogen-bond acceptors (Lipinski definition) is 4. The highest BCUT2D eigenvalue weighted by atomic mass is 16.3. The summed E-state index contributed by atoms with van der Waals surface area (Å²) in [5.74, 6) is 1.70. The van der Waals surface area contributed by atoms with Gasteiger partial charge in [-0.15, -0.1) is 0 Å². The second-order valence-electron chi connectivity index (χ2n) is 5.42. The van der Waals surface area contributed by atoms with E-state index in [0.29, 0.717) is 18.1 Å². The van der Waals surface area contributed by atoms with Crippen molar-refractivity contribution < 1.29 is 4.42 Å². The van der Waals surface area contributed by atoms with E-state index < -0.39 is 0 Å². The zero-order valence-electron chi connectivity index (χ0n) is 11.5. The molecule has 0 aliphatic heterocycles. The normalized spacial score (nSPS) is 14.9. The number of hydrogen-bond donors (Lipinski definition) is 1. The average molecular weight is 284 g/mol. The van der Waals surface area contributed by atoms with Crippen LogP contribution in [-0.4, -0.2) is 20.2 Å². The Morgan fingerprint density at radius 2 is 2.10 bits per heavy atom. The molecule has 0 radical (unpaired) electrons. The molecule has 1 N–H and O–H groups in total. The summed E-state index contributed by atoms with van der Waals surface area (Å²) in [6, 6.07) is 6.26. The van der Waals surface area contributed by atoms with Crippen molar-refractivity contribution in [3.8, 4) is 0 Å². The summed E-state index contributed by atoms with van der Waals surface area (Å²) in [4.78, 5) is 12.3. The van der Waals surface area contributed by atoms with Crippen LogP contribution >= 0.6 is 0 Å². The van der Waals surface area contributed by atoms with Gasteiger partial charge in [0.05, 0.1) is 19.3 Å². The van der Waals surface area contributed by atoms with Gasteiger partial charge in [0.25, 0.3) is 5.56 Å². The molecule has 0 aromatic carbocycles. The molecule has 0 amide bonds. The third-order valence-electron chi connectivity index (χ3n) is 3.72. The molecule has 6 heteroatoms. The van der Waals surface area contributed by atoms with Crippen molar-refractivity contribution in [1.82, 2.24) is 19.5 Å². The fourth-order valence-electron chi connectivity index (χ4n) is 2.39. The highest BCUT2D eigenvalue weighted by molar-refractivity contribution is 5.42. The SMILES string of the molecule is O=c1c2ccnn2ccn1Cc1ccc(CNC2CC2)o1. The van der Waals surface area contributed by atoms with Gasteiger partial charge in [-0.1, -0.05) is 0 Å². The van der Waals surface area contributed by atoms with Gasteiger partial charge >= 0.3 is 0 Å². The summed E-state index contributed by atoms with van der Waals surface area (Å²) in [5.41, 5.74) is 0.503. The molecule has 0 saturated heterocycles. The predicted octanol–water partition coefficient (Wildman–Crippen LogP) is 1.39. The van der Waals surface area contributed by atoms with Crippen molar-refractivity contribution >= 4 is 5.52 Å². The number of nitrogens with one attached hydrogen (secondary N) is 1. The molecular formula is C15H16N4O2. The quantitative estimate of drug-likeness (QED) is 0.769. The standard InChI is InChI=1S/C15H16N4O2/c20-15-14-5-6-17-19(14)8-7-18(15)10-13-4-3-12(21-13)9-16-11-1-2-11/h3-8,11,16H,1-2,9-10H2. The number of fused-ring (bicyclic) bond motifs is 1. The average Bonchev–Trinajstić information content (AvgIpc) is 3.00. The Bertz CT molecular complexity index is 825. The van der Waals surface area contributed by atoms with Gasteiger partial charge < -0.3 is 14.3 Å². The minimum Gasteiger partial charge on any atom is -0.463 e. The second kappa shape index (κ2) is 4.89. The second-order valence-corrected chi connectivity index (χ2v) is 5.42. The first-order chi connectivity index (χ1) is 10.3. The summed E-state index contributed by atoms with van der Waals surface area (Å²) in [5, 5.41) is 7.46. The maximum absolute atomic E-state index is 12.3. The van der Waals surface area contributed by atoms with E-state index in [9.17, 15) is 4.79 Å². The van der Waals surface area contributed by atoms with Crippen molar-refractivity contribution in [3.63, 3.8) is 0 Å². The minimum atomic E-state index is -0.0657. The molecule has 1 fully saturated rings. The van der Waals surface area contributed by atoms with Crippen molar-refractivity contribution in [3.05, 3.63) is 58.7 Å². The monoisotopic (exact) mass is 284 g/mol. The highest BCUT2D eigenvalue weighted by Crippen LogP contribution is 2.19. The van der Waals surface area contributed by atoms with Crippen molar-refractivity contribution in [1.29, 1.82) is 0 Å². The van der Waals surface area contributed by atoms with E-state index in [1.54, 1.807) is 33.7 Å². The van der Waals surface area contributed by atoms with Gasteiger partial charge in [0.2, 0.25) is 0 Å². The van der Waals surface area contributed by atoms with E-state index in [-0.39, 0.29) is 5.56 Å². The fraction of sp³-hybridized carbons (Fsp3) is 0.333. The largest absolute Gasteiger partial charge is 0.463 e. The van der Waals surface area contributed by atoms with E-state index in [4.69, 9.17) is 4.42 Å². The van der Waals surface area contributed by atoms with Crippen molar-refractivity contribution in [2.45, 2.75) is 32.0 Å². The number of rotatable bonds is 5. The molecule has 3 aromatic rings. The van der Waals surface area contributed by atoms with E-state index >= 15 is 0 Å². The van der Waals surface area contributed by atoms with Gasteiger partial charge in [-0.2, -0.15) is 5.10 Å². The van der Waals surface area contributed by atoms with Crippen LogP contribution in [0.15, 0.2) is 46.0 Å². The van der Waals surface area contributed by atoms with Crippen molar-refractivity contribution in [2.75, 3.05) is 0 Å². The van der Waals surface area contributed by atoms with Crippen LogP contribution in [0.25, 0.3) is 5.52 Å². The number of nitrogens with zero attached hydrogens (tertiary/aromatic N) is 3. The molecule has 21 heavy (non-hydrogen) atoms. The van der Waals surface area contributed by atoms with Crippen molar-refractivity contribution in [2.24, 2.45) is 0 Å². The topological polar surface area (TPSA) is 64.5 Å². The Balaban J connectivity index is 1.53. The molecule has 1 aliphatic carbocycles. The Kier molecular flexibility index (Phi) is 2.89. The van der Waals surface area contributed by atoms with E-state index in [2.05, 4.69) is 10.4 Å². The molecule has 0 bridgehead atoms. The summed E-state index contributed by atoms with van der Waals surface area (Å²) in [6.07, 6.45) is 7.64. The smallest absolute Gasteiger partial charge is 0.276 e. The maximum atomic E-state index is 12.3. The molecule has 6 nitrogen and oxygen atoms in total. The maximum Gasteiger partial charge on any atom is 0.276 e. The van der Waals surface area contributed by atoms with Crippen LogP contribution < -0.4 is 10.9 Å². The Hall–Kier alpha value is -2.34. The summed E-state index contributed by atoms with van der Waals surface area (Å²) in [6.45, 7) is 1.19. The van der Waals surface area contributed by atoms with Gasteiger partial charge in [-0.05, 0) is 31.0 Å². The molecule has 0 unspecified atom stereocenters. The predicted molar refractivity (Wildman–Crippen MR) is 77.1 cm³/mol. The van der Waals surface area contributed by atoms with Crippen LogP contribution in [0.1, 0.15) is 24.4 Å². The zero-order valence-corrected chi connectivity index (χ0v) is 11.5. The number of aromatic nitrogens is 3. The van der Waals surface area contributed by atoms with Crippen LogP contribution in [0.4, 0.5) is 0 Å². The Morgan fingerprint density at radius 3 is 2.95 bits per heavy atom. The van der Waals surface area contributed by atoms with Crippen LogP contribution in [0.3, 0.4) is 0 Å². The molecule has 108 valence electrons. The van der Waals surface area contributed by atoms with E-state index in [0.717, 1.165) is 18.1 Å². The third kappa shape index (κ3) is 2.50. The zero-order chi connectivity index (χ0) is 14.2. The lowest BCUT2D eigenvalue weighted by Gasteiger charge is -2.04. The lowest BCUT2D eigenvalue weighted by Crippen LogP contribution is -2.21. The third-order valence-corrected chi connectivity index (χ3v) is 3.72. The molecule has 0 atom stereocenters. The Morgan fingerprint density at radius 1 is 1.24 bits per heavy atom. The van der Waals surface area contributed by atoms with Gasteiger partial charge in [-0.3, -0.25) is 4.79 Å². The molecule has 1 aliphatic rings. The first-order valence-electron chi connectivity index (χ1n) is 7.13. The first kappa shape index (κ1) is 12.4. The van der Waals surface area contributed by atoms with Crippen LogP contribution in [0.5, 0.6) is 0 Å². The summed E-state index contributed by atoms with van der Waals surface area (Å²) in [7, 11) is 0. The van der Waals surface area contributed by atoms with Crippen LogP contribution in [0.2, 0.25) is 0 Å². The number of furan rings is 1. The van der Waals surface area contributed by atoms with E-state index in [1.165, 1.54) is 12.8 Å². The minimum absolute atomic E-state index is 0.0657. The van der Waals surface area contributed by atoms with Gasteiger partial charge in [0.1, 0.15) is 17.0 Å². The van der Waals surface area contributed by atoms with Gasteiger partial charge in [0, 0.05) is 18.4 Å². The lowest BCUT2D eigenvalue weighted by atomic mass is 10.4. The molecule has 3 heterocycles. The molecular weight excluding hydrogens is 268 g/mol. The summed E-state index contributed by atoms with van der Waals surface area (Å²) < 4.78 is 8.98. The molecule has 3 aromatic heterocycles. The lowest BCUT2D eigenvalue weighted by molar-refractivity contribution is 0.435. The highest BCUT2D eigenvalue weighted by Gasteiger charge is 2.20. The van der Waals surface area contributed by atoms with Crippen LogP contribution in [-0.2, 0) is 13.1 Å².